The van der Waals surface area contributed by atoms with E-state index in [2.05, 4.69) is 43.5 Å². The Morgan fingerprint density at radius 3 is 2.43 bits per heavy atom. The third-order valence-electron chi connectivity index (χ3n) is 5.34. The van der Waals surface area contributed by atoms with Gasteiger partial charge < -0.3 is 14.2 Å². The average Bonchev–Trinajstić information content (AvgIpc) is 3.15. The number of ether oxygens (including phenoxy) is 1. The first-order valence-electron chi connectivity index (χ1n) is 10.1. The molecular formula is C21H30N4O4S. The number of rotatable bonds is 9. The molecule has 9 heteroatoms. The van der Waals surface area contributed by atoms with E-state index < -0.39 is 16.0 Å². The maximum atomic E-state index is 12.5. The maximum absolute atomic E-state index is 12.5. The van der Waals surface area contributed by atoms with Crippen molar-refractivity contribution < 1.29 is 17.9 Å². The molecule has 0 aliphatic carbocycles. The van der Waals surface area contributed by atoms with E-state index in [0.29, 0.717) is 6.54 Å². The zero-order chi connectivity index (χ0) is 21.6. The fourth-order valence-electron chi connectivity index (χ4n) is 3.59. The highest BCUT2D eigenvalue weighted by molar-refractivity contribution is 7.89. The zero-order valence-electron chi connectivity index (χ0n) is 17.6. The predicted octanol–water partition coefficient (Wildman–Crippen LogP) is 1.30. The lowest BCUT2D eigenvalue weighted by Gasteiger charge is -2.34. The summed E-state index contributed by atoms with van der Waals surface area (Å²) in [5.74, 6) is -0.564. The number of nitrogens with zero attached hydrogens (tertiary/aromatic N) is 3. The van der Waals surface area contributed by atoms with E-state index in [1.54, 1.807) is 7.05 Å². The van der Waals surface area contributed by atoms with Crippen LogP contribution in [0, 0.1) is 0 Å². The van der Waals surface area contributed by atoms with Crippen molar-refractivity contribution in [2.45, 2.75) is 17.9 Å². The molecule has 1 N–H and O–H groups in total. The van der Waals surface area contributed by atoms with E-state index in [-0.39, 0.29) is 10.6 Å². The van der Waals surface area contributed by atoms with Crippen LogP contribution in [0.2, 0.25) is 0 Å². The molecule has 0 unspecified atom stereocenters. The molecule has 30 heavy (non-hydrogen) atoms. The first kappa shape index (κ1) is 22.5. The molecule has 2 heterocycles. The van der Waals surface area contributed by atoms with Gasteiger partial charge in [0.15, 0.2) is 0 Å². The van der Waals surface area contributed by atoms with Crippen molar-refractivity contribution >= 4 is 16.0 Å². The molecular weight excluding hydrogens is 404 g/mol. The molecule has 2 aromatic rings. The Balaban J connectivity index is 1.39. The average molecular weight is 435 g/mol. The minimum atomic E-state index is -3.66. The summed E-state index contributed by atoms with van der Waals surface area (Å²) >= 11 is 0. The van der Waals surface area contributed by atoms with Gasteiger partial charge in [-0.3, -0.25) is 4.90 Å². The molecule has 1 aliphatic heterocycles. The number of methoxy groups -OCH3 is 1. The summed E-state index contributed by atoms with van der Waals surface area (Å²) in [6, 6.07) is 11.8. The summed E-state index contributed by atoms with van der Waals surface area (Å²) in [7, 11) is -0.774. The fraction of sp³-hybridized carbons (Fsp3) is 0.476. The van der Waals surface area contributed by atoms with Gasteiger partial charge in [0.1, 0.15) is 10.6 Å². The SMILES string of the molecule is COC(=O)c1cc(S(=O)(=O)NCCCN2CCN(Cc3ccccc3)CC2)cn1C. The molecule has 0 atom stereocenters. The lowest BCUT2D eigenvalue weighted by atomic mass is 10.2. The highest BCUT2D eigenvalue weighted by Gasteiger charge is 2.21. The number of carbonyl (C=O) groups is 1. The number of carbonyl (C=O) groups excluding carboxylic acids is 1. The molecule has 164 valence electrons. The third kappa shape index (κ3) is 5.91. The number of aromatic nitrogens is 1. The van der Waals surface area contributed by atoms with Crippen LogP contribution >= 0.6 is 0 Å². The Morgan fingerprint density at radius 2 is 1.77 bits per heavy atom. The van der Waals surface area contributed by atoms with E-state index >= 15 is 0 Å². The third-order valence-corrected chi connectivity index (χ3v) is 6.77. The Kier molecular flexibility index (Phi) is 7.65. The van der Waals surface area contributed by atoms with E-state index in [4.69, 9.17) is 0 Å². The standard InChI is InChI=1S/C21H30N4O4S/c1-23-17-19(15-20(23)21(26)29-2)30(27,28)22-9-6-10-24-11-13-25(14-12-24)16-18-7-4-3-5-8-18/h3-5,7-8,15,17,22H,6,9-14,16H2,1-2H3. The van der Waals surface area contributed by atoms with Gasteiger partial charge in [-0.05, 0) is 24.6 Å². The lowest BCUT2D eigenvalue weighted by Crippen LogP contribution is -2.46. The van der Waals surface area contributed by atoms with Gasteiger partial charge in [0.2, 0.25) is 10.0 Å². The normalized spacial score (nSPS) is 15.9. The largest absolute Gasteiger partial charge is 0.464 e. The summed E-state index contributed by atoms with van der Waals surface area (Å²) in [6.07, 6.45) is 2.15. The van der Waals surface area contributed by atoms with Gasteiger partial charge in [0.25, 0.3) is 0 Å². The number of esters is 1. The summed E-state index contributed by atoms with van der Waals surface area (Å²) < 4.78 is 33.7. The van der Waals surface area contributed by atoms with E-state index in [9.17, 15) is 13.2 Å². The Labute approximate surface area is 178 Å². The van der Waals surface area contributed by atoms with Crippen molar-refractivity contribution in [2.75, 3.05) is 46.4 Å². The smallest absolute Gasteiger partial charge is 0.354 e. The van der Waals surface area contributed by atoms with Gasteiger partial charge in [-0.25, -0.2) is 17.9 Å². The number of piperazine rings is 1. The molecule has 3 rings (SSSR count). The summed E-state index contributed by atoms with van der Waals surface area (Å²) in [4.78, 5) is 16.6. The quantitative estimate of drug-likeness (QED) is 0.473. The number of sulfonamides is 1. The van der Waals surface area contributed by atoms with E-state index in [1.165, 1.54) is 29.5 Å². The van der Waals surface area contributed by atoms with E-state index in [0.717, 1.165) is 45.7 Å². The Morgan fingerprint density at radius 1 is 1.10 bits per heavy atom. The first-order valence-corrected chi connectivity index (χ1v) is 11.6. The van der Waals surface area contributed by atoms with Crippen molar-refractivity contribution in [3.63, 3.8) is 0 Å². The zero-order valence-corrected chi connectivity index (χ0v) is 18.4. The number of hydrogen-bond acceptors (Lipinski definition) is 6. The number of aryl methyl sites for hydroxylation is 1. The van der Waals surface area contributed by atoms with E-state index in [1.807, 2.05) is 6.07 Å². The second kappa shape index (κ2) is 10.2. The minimum Gasteiger partial charge on any atom is -0.464 e. The Bertz CT molecular complexity index is 935. The van der Waals surface area contributed by atoms with Crippen LogP contribution in [0.15, 0.2) is 47.5 Å². The van der Waals surface area contributed by atoms with Crippen LogP contribution in [0.4, 0.5) is 0 Å². The van der Waals surface area contributed by atoms with Crippen molar-refractivity contribution in [3.8, 4) is 0 Å². The van der Waals surface area contributed by atoms with Crippen molar-refractivity contribution in [2.24, 2.45) is 7.05 Å². The van der Waals surface area contributed by atoms with Crippen LogP contribution in [0.1, 0.15) is 22.5 Å². The minimum absolute atomic E-state index is 0.0694. The molecule has 1 fully saturated rings. The molecule has 0 spiro atoms. The molecule has 1 saturated heterocycles. The fourth-order valence-corrected chi connectivity index (χ4v) is 4.74. The molecule has 1 aromatic carbocycles. The van der Waals surface area contributed by atoms with Crippen LogP contribution in [-0.4, -0.2) is 75.1 Å². The molecule has 1 aromatic heterocycles. The lowest BCUT2D eigenvalue weighted by molar-refractivity contribution is 0.0590. The molecule has 1 aliphatic rings. The monoisotopic (exact) mass is 434 g/mol. The second-order valence-electron chi connectivity index (χ2n) is 7.52. The van der Waals surface area contributed by atoms with Gasteiger partial charge in [0, 0.05) is 52.5 Å². The molecule has 0 bridgehead atoms. The van der Waals surface area contributed by atoms with Gasteiger partial charge in [-0.1, -0.05) is 30.3 Å². The highest BCUT2D eigenvalue weighted by Crippen LogP contribution is 2.14. The van der Waals surface area contributed by atoms with Crippen LogP contribution in [0.3, 0.4) is 0 Å². The molecule has 0 saturated carbocycles. The number of nitrogens with one attached hydrogen (secondary N) is 1. The summed E-state index contributed by atoms with van der Waals surface area (Å²) in [5.41, 5.74) is 1.53. The van der Waals surface area contributed by atoms with Crippen LogP contribution in [-0.2, 0) is 28.4 Å². The molecule has 0 radical (unpaired) electrons. The Hall–Kier alpha value is -2.20. The van der Waals surface area contributed by atoms with Crippen LogP contribution < -0.4 is 4.72 Å². The first-order chi connectivity index (χ1) is 14.4. The maximum Gasteiger partial charge on any atom is 0.354 e. The number of hydrogen-bond donors (Lipinski definition) is 1. The predicted molar refractivity (Wildman–Crippen MR) is 115 cm³/mol. The van der Waals surface area contributed by atoms with Gasteiger partial charge in [-0.15, -0.1) is 0 Å². The summed E-state index contributed by atoms with van der Waals surface area (Å²) in [5, 5.41) is 0. The van der Waals surface area contributed by atoms with Crippen molar-refractivity contribution in [3.05, 3.63) is 53.9 Å². The molecule has 8 nitrogen and oxygen atoms in total. The highest BCUT2D eigenvalue weighted by atomic mass is 32.2. The topological polar surface area (TPSA) is 83.9 Å². The number of benzene rings is 1. The molecule has 0 amide bonds. The van der Waals surface area contributed by atoms with Gasteiger partial charge in [-0.2, -0.15) is 0 Å². The van der Waals surface area contributed by atoms with Gasteiger partial charge in [0.05, 0.1) is 7.11 Å². The van der Waals surface area contributed by atoms with Crippen LogP contribution in [0.5, 0.6) is 0 Å². The second-order valence-corrected chi connectivity index (χ2v) is 9.29. The summed E-state index contributed by atoms with van der Waals surface area (Å²) in [6.45, 7) is 6.18. The van der Waals surface area contributed by atoms with Crippen molar-refractivity contribution in [1.82, 2.24) is 19.1 Å². The van der Waals surface area contributed by atoms with Gasteiger partial charge >= 0.3 is 5.97 Å². The van der Waals surface area contributed by atoms with Crippen molar-refractivity contribution in [1.29, 1.82) is 0 Å². The van der Waals surface area contributed by atoms with Crippen LogP contribution in [0.25, 0.3) is 0 Å².